The van der Waals surface area contributed by atoms with Crippen molar-refractivity contribution in [3.05, 3.63) is 23.5 Å². The summed E-state index contributed by atoms with van der Waals surface area (Å²) in [6.07, 6.45) is 1.41. The Morgan fingerprint density at radius 2 is 2.19 bits per heavy atom. The van der Waals surface area contributed by atoms with Gasteiger partial charge in [0, 0.05) is 0 Å². The summed E-state index contributed by atoms with van der Waals surface area (Å²) in [5, 5.41) is 29.0. The lowest BCUT2D eigenvalue weighted by Crippen LogP contribution is -2.04. The predicted octanol–water partition coefficient (Wildman–Crippen LogP) is -0.802. The molecule has 0 spiro atoms. The van der Waals surface area contributed by atoms with E-state index < -0.39 is 0 Å². The first-order chi connectivity index (χ1) is 7.74. The molecule has 8 nitrogen and oxygen atoms in total. The number of hydrogen-bond donors (Lipinski definition) is 0. The monoisotopic (exact) mass is 214 g/mol. The normalized spacial score (nSPS) is 9.69. The van der Waals surface area contributed by atoms with Gasteiger partial charge in [-0.3, -0.25) is 0 Å². The highest BCUT2D eigenvalue weighted by molar-refractivity contribution is 5.36. The number of imidazole rings is 1. The van der Waals surface area contributed by atoms with Gasteiger partial charge in [0.25, 0.3) is 0 Å². The van der Waals surface area contributed by atoms with E-state index in [1.54, 1.807) is 7.05 Å². The highest BCUT2D eigenvalue weighted by Crippen LogP contribution is 2.06. The van der Waals surface area contributed by atoms with E-state index >= 15 is 0 Å². The first-order valence-corrected chi connectivity index (χ1v) is 4.33. The van der Waals surface area contributed by atoms with E-state index in [1.807, 2.05) is 12.1 Å². The van der Waals surface area contributed by atoms with Gasteiger partial charge in [0.1, 0.15) is 12.1 Å². The Kier molecular flexibility index (Phi) is 2.32. The number of tetrazole rings is 1. The molecule has 2 aromatic heterocycles. The fourth-order valence-corrected chi connectivity index (χ4v) is 1.24. The first kappa shape index (κ1) is 9.80. The molecule has 0 aromatic carbocycles. The minimum atomic E-state index is 0.103. The molecule has 0 aliphatic carbocycles. The Morgan fingerprint density at radius 1 is 1.38 bits per heavy atom. The van der Waals surface area contributed by atoms with Gasteiger partial charge in [0.2, 0.25) is 0 Å². The van der Waals surface area contributed by atoms with E-state index in [-0.39, 0.29) is 17.9 Å². The lowest BCUT2D eigenvalue weighted by atomic mass is 10.3. The van der Waals surface area contributed by atoms with Crippen molar-refractivity contribution in [3.63, 3.8) is 0 Å². The number of nitrogens with zero attached hydrogens (tertiary/aromatic N) is 8. The molecule has 2 rings (SSSR count). The fraction of sp³-hybridized carbons (Fsp3) is 0.250. The third kappa shape index (κ3) is 1.60. The molecule has 0 saturated heterocycles. The second-order valence-electron chi connectivity index (χ2n) is 2.99. The summed E-state index contributed by atoms with van der Waals surface area (Å²) in [5.74, 6) is 0.459. The van der Waals surface area contributed by atoms with E-state index in [4.69, 9.17) is 10.5 Å². The molecule has 0 atom stereocenters. The summed E-state index contributed by atoms with van der Waals surface area (Å²) in [4.78, 5) is 5.13. The number of hydrogen-bond acceptors (Lipinski definition) is 6. The van der Waals surface area contributed by atoms with Crippen LogP contribution in [0.5, 0.6) is 0 Å². The highest BCUT2D eigenvalue weighted by atomic mass is 15.6. The molecule has 78 valence electrons. The van der Waals surface area contributed by atoms with Crippen LogP contribution in [-0.4, -0.2) is 29.8 Å². The molecule has 16 heavy (non-hydrogen) atoms. The molecule has 0 fully saturated rings. The van der Waals surface area contributed by atoms with Crippen molar-refractivity contribution in [1.29, 1.82) is 10.5 Å². The maximum absolute atomic E-state index is 8.88. The number of nitriles is 2. The first-order valence-electron chi connectivity index (χ1n) is 4.33. The molecule has 0 aliphatic heterocycles. The summed E-state index contributed by atoms with van der Waals surface area (Å²) in [6, 6.07) is 3.76. The van der Waals surface area contributed by atoms with E-state index in [0.717, 1.165) is 0 Å². The largest absolute Gasteiger partial charge is 0.313 e. The molecule has 0 bridgehead atoms. The molecule has 2 heterocycles. The molecule has 0 aliphatic rings. The maximum Gasteiger partial charge on any atom is 0.194 e. The van der Waals surface area contributed by atoms with Crippen molar-refractivity contribution in [3.8, 4) is 12.1 Å². The fourth-order valence-electron chi connectivity index (χ4n) is 1.24. The van der Waals surface area contributed by atoms with Crippen LogP contribution in [0.3, 0.4) is 0 Å². The Balaban J connectivity index is 2.33. The average Bonchev–Trinajstić information content (AvgIpc) is 2.85. The van der Waals surface area contributed by atoms with Gasteiger partial charge in [-0.05, 0) is 5.21 Å². The van der Waals surface area contributed by atoms with Gasteiger partial charge >= 0.3 is 0 Å². The third-order valence-electron chi connectivity index (χ3n) is 1.91. The summed E-state index contributed by atoms with van der Waals surface area (Å²) < 4.78 is 1.51. The van der Waals surface area contributed by atoms with E-state index in [0.29, 0.717) is 5.82 Å². The zero-order valence-corrected chi connectivity index (χ0v) is 8.36. The van der Waals surface area contributed by atoms with E-state index in [1.165, 1.54) is 15.7 Å². The maximum atomic E-state index is 8.88. The quantitative estimate of drug-likeness (QED) is 0.647. The van der Waals surface area contributed by atoms with Crippen LogP contribution >= 0.6 is 0 Å². The van der Waals surface area contributed by atoms with Crippen molar-refractivity contribution < 1.29 is 0 Å². The summed E-state index contributed by atoms with van der Waals surface area (Å²) in [6.45, 7) is 0.269. The lowest BCUT2D eigenvalue weighted by molar-refractivity contribution is 0.624. The van der Waals surface area contributed by atoms with Gasteiger partial charge in [-0.25, -0.2) is 4.98 Å². The molecule has 0 unspecified atom stereocenters. The zero-order chi connectivity index (χ0) is 11.5. The van der Waals surface area contributed by atoms with Crippen LogP contribution in [-0.2, 0) is 13.6 Å². The minimum Gasteiger partial charge on any atom is -0.313 e. The average molecular weight is 214 g/mol. The lowest BCUT2D eigenvalue weighted by Gasteiger charge is -1.97. The van der Waals surface area contributed by atoms with Crippen molar-refractivity contribution in [2.24, 2.45) is 7.05 Å². The Bertz CT molecular complexity index is 592. The smallest absolute Gasteiger partial charge is 0.194 e. The third-order valence-corrected chi connectivity index (χ3v) is 1.91. The van der Waals surface area contributed by atoms with E-state index in [2.05, 4.69) is 20.4 Å². The SMILES string of the molecule is Cn1nnc(Cn2cnc(C#N)c2C#N)n1. The van der Waals surface area contributed by atoms with Crippen LogP contribution in [0, 0.1) is 22.7 Å². The molecule has 0 N–H and O–H groups in total. The Labute approximate surface area is 90.4 Å². The van der Waals surface area contributed by atoms with Crippen molar-refractivity contribution >= 4 is 0 Å². The zero-order valence-electron chi connectivity index (χ0n) is 8.36. The van der Waals surface area contributed by atoms with Crippen molar-refractivity contribution in [1.82, 2.24) is 29.8 Å². The topological polar surface area (TPSA) is 109 Å². The second-order valence-corrected chi connectivity index (χ2v) is 2.99. The van der Waals surface area contributed by atoms with Crippen LogP contribution in [0.1, 0.15) is 17.2 Å². The predicted molar refractivity (Wildman–Crippen MR) is 49.6 cm³/mol. The molecular weight excluding hydrogens is 208 g/mol. The van der Waals surface area contributed by atoms with Gasteiger partial charge < -0.3 is 4.57 Å². The minimum absolute atomic E-state index is 0.103. The highest BCUT2D eigenvalue weighted by Gasteiger charge is 2.11. The second kappa shape index (κ2) is 3.79. The number of aromatic nitrogens is 6. The van der Waals surface area contributed by atoms with Crippen molar-refractivity contribution in [2.75, 3.05) is 0 Å². The summed E-state index contributed by atoms with van der Waals surface area (Å²) in [5.41, 5.74) is 0.307. The van der Waals surface area contributed by atoms with Crippen LogP contribution in [0.15, 0.2) is 6.33 Å². The van der Waals surface area contributed by atoms with Gasteiger partial charge in [0.05, 0.1) is 19.9 Å². The Morgan fingerprint density at radius 3 is 2.75 bits per heavy atom. The molecular formula is C8H6N8. The van der Waals surface area contributed by atoms with Crippen LogP contribution in [0.4, 0.5) is 0 Å². The van der Waals surface area contributed by atoms with Gasteiger partial charge in [-0.1, -0.05) is 0 Å². The van der Waals surface area contributed by atoms with E-state index in [9.17, 15) is 0 Å². The molecule has 0 radical (unpaired) electrons. The van der Waals surface area contributed by atoms with Gasteiger partial charge in [-0.15, -0.1) is 10.2 Å². The number of rotatable bonds is 2. The molecule has 0 saturated carbocycles. The van der Waals surface area contributed by atoms with Crippen molar-refractivity contribution in [2.45, 2.75) is 6.54 Å². The molecule has 8 heteroatoms. The summed E-state index contributed by atoms with van der Waals surface area (Å²) >= 11 is 0. The summed E-state index contributed by atoms with van der Waals surface area (Å²) in [7, 11) is 1.65. The van der Waals surface area contributed by atoms with Gasteiger partial charge in [-0.2, -0.15) is 15.3 Å². The van der Waals surface area contributed by atoms with Crippen LogP contribution < -0.4 is 0 Å². The van der Waals surface area contributed by atoms with Gasteiger partial charge in [0.15, 0.2) is 17.2 Å². The molecule has 2 aromatic rings. The molecule has 0 amide bonds. The van der Waals surface area contributed by atoms with Crippen LogP contribution in [0.25, 0.3) is 0 Å². The standard InChI is InChI=1S/C8H6N8/c1-15-13-8(12-14-15)4-16-5-11-6(2-9)7(16)3-10/h5H,4H2,1H3. The number of aryl methyl sites for hydroxylation is 1. The van der Waals surface area contributed by atoms with Crippen LogP contribution in [0.2, 0.25) is 0 Å². The Hall–Kier alpha value is -2.74.